The van der Waals surface area contributed by atoms with Crippen LogP contribution in [0.25, 0.3) is 17.1 Å². The largest absolute Gasteiger partial charge is 0.573 e. The van der Waals surface area contributed by atoms with E-state index in [1.54, 1.807) is 31.2 Å². The van der Waals surface area contributed by atoms with E-state index in [0.717, 1.165) is 22.7 Å². The van der Waals surface area contributed by atoms with Crippen LogP contribution in [0.2, 0.25) is 0 Å². The lowest BCUT2D eigenvalue weighted by Gasteiger charge is -2.21. The number of aliphatic imine (C=N–C) groups is 1. The first-order valence-corrected chi connectivity index (χ1v) is 14.1. The highest BCUT2D eigenvalue weighted by Gasteiger charge is 2.39. The Labute approximate surface area is 260 Å². The number of benzene rings is 3. The number of amides is 1. The van der Waals surface area contributed by atoms with Crippen LogP contribution < -0.4 is 15.1 Å². The number of rotatable bonds is 6. The molecular formula is C28H19F6N7O2S2. The van der Waals surface area contributed by atoms with E-state index in [1.165, 1.54) is 53.6 Å². The molecule has 0 atom stereocenters. The highest BCUT2D eigenvalue weighted by Crippen LogP contribution is 2.39. The third-order valence-corrected chi connectivity index (χ3v) is 7.14. The summed E-state index contributed by atoms with van der Waals surface area (Å²) >= 11 is 6.13. The molecule has 4 aromatic rings. The Morgan fingerprint density at radius 1 is 1.04 bits per heavy atom. The summed E-state index contributed by atoms with van der Waals surface area (Å²) in [7, 11) is 0. The Kier molecular flexibility index (Phi) is 8.92. The van der Waals surface area contributed by atoms with E-state index in [-0.39, 0.29) is 27.5 Å². The molecule has 0 bridgehead atoms. The van der Waals surface area contributed by atoms with Gasteiger partial charge in [0.15, 0.2) is 11.0 Å². The summed E-state index contributed by atoms with van der Waals surface area (Å²) in [5, 5.41) is 8.19. The van der Waals surface area contributed by atoms with Crippen LogP contribution in [0.15, 0.2) is 83.2 Å². The zero-order chi connectivity index (χ0) is 32.4. The maximum Gasteiger partial charge on any atom is 0.573 e. The summed E-state index contributed by atoms with van der Waals surface area (Å²) in [6.07, 6.45) is -6.62. The number of alkyl halides is 6. The van der Waals surface area contributed by atoms with Crippen molar-refractivity contribution in [2.24, 2.45) is 10.1 Å². The number of ether oxygens (including phenoxy) is 1. The van der Waals surface area contributed by atoms with Crippen molar-refractivity contribution in [3.8, 4) is 22.8 Å². The molecule has 45 heavy (non-hydrogen) atoms. The molecule has 1 aromatic heterocycles. The lowest BCUT2D eigenvalue weighted by atomic mass is 10.1. The Morgan fingerprint density at radius 3 is 2.42 bits per heavy atom. The van der Waals surface area contributed by atoms with E-state index in [2.05, 4.69) is 30.3 Å². The second-order valence-corrected chi connectivity index (χ2v) is 10.6. The van der Waals surface area contributed by atoms with Crippen LogP contribution in [0, 0.1) is 6.92 Å². The number of amidine groups is 1. The number of anilines is 1. The molecular weight excluding hydrogens is 644 g/mol. The molecule has 1 N–H and O–H groups in total. The molecule has 9 nitrogen and oxygen atoms in total. The van der Waals surface area contributed by atoms with Crippen molar-refractivity contribution in [1.82, 2.24) is 20.2 Å². The van der Waals surface area contributed by atoms with Gasteiger partial charge in [0.25, 0.3) is 0 Å². The molecule has 1 fully saturated rings. The molecule has 1 aliphatic heterocycles. The average Bonchev–Trinajstić information content (AvgIpc) is 3.59. The van der Waals surface area contributed by atoms with Gasteiger partial charge < -0.3 is 4.74 Å². The second kappa shape index (κ2) is 12.7. The van der Waals surface area contributed by atoms with E-state index in [0.29, 0.717) is 28.2 Å². The lowest BCUT2D eigenvalue weighted by Crippen LogP contribution is -2.32. The van der Waals surface area contributed by atoms with Gasteiger partial charge in [-0.1, -0.05) is 42.1 Å². The number of hydrogen-bond acceptors (Lipinski definition) is 7. The summed E-state index contributed by atoms with van der Waals surface area (Å²) in [6, 6.07) is 15.5. The second-order valence-electron chi connectivity index (χ2n) is 9.28. The normalized spacial score (nSPS) is 14.9. The summed E-state index contributed by atoms with van der Waals surface area (Å²) < 4.78 is 83.3. The minimum absolute atomic E-state index is 0.00864. The fraction of sp³-hybridized carbons (Fsp3) is 0.143. The first kappa shape index (κ1) is 31.6. The number of hydrogen-bond donors (Lipinski definition) is 1. The minimum Gasteiger partial charge on any atom is -0.406 e. The molecule has 5 rings (SSSR count). The van der Waals surface area contributed by atoms with E-state index in [9.17, 15) is 31.1 Å². The van der Waals surface area contributed by atoms with Gasteiger partial charge in [-0.2, -0.15) is 23.3 Å². The summed E-state index contributed by atoms with van der Waals surface area (Å²) in [5.74, 6) is -0.657. The SMILES string of the molecule is Cc1ccc(C(F)(F)F)c(N2C(=O)CSC2=NC(=S)N/N=C/c2ccc(-c3ncn(-c4ccc(OC(F)(F)F)cc4)n3)cc2)c1. The van der Waals surface area contributed by atoms with Gasteiger partial charge in [-0.05, 0) is 66.7 Å². The Bertz CT molecular complexity index is 1790. The molecule has 0 unspecified atom stereocenters. The van der Waals surface area contributed by atoms with E-state index in [1.807, 2.05) is 0 Å². The molecule has 1 aliphatic rings. The fourth-order valence-electron chi connectivity index (χ4n) is 4.06. The molecule has 1 saturated heterocycles. The van der Waals surface area contributed by atoms with Crippen molar-refractivity contribution in [2.75, 3.05) is 10.7 Å². The molecule has 0 aliphatic carbocycles. The minimum atomic E-state index is -4.79. The van der Waals surface area contributed by atoms with Crippen LogP contribution in [0.3, 0.4) is 0 Å². The van der Waals surface area contributed by atoms with Crippen LogP contribution in [0.4, 0.5) is 32.0 Å². The predicted molar refractivity (Wildman–Crippen MR) is 160 cm³/mol. The molecule has 2 heterocycles. The molecule has 0 radical (unpaired) electrons. The van der Waals surface area contributed by atoms with Crippen molar-refractivity contribution in [1.29, 1.82) is 0 Å². The van der Waals surface area contributed by atoms with Gasteiger partial charge >= 0.3 is 12.5 Å². The zero-order valence-corrected chi connectivity index (χ0v) is 24.4. The number of carbonyl (C=O) groups is 1. The summed E-state index contributed by atoms with van der Waals surface area (Å²) in [6.45, 7) is 1.62. The molecule has 17 heteroatoms. The number of thiocarbonyl (C=S) groups is 1. The quantitative estimate of drug-likeness (QED) is 0.109. The Morgan fingerprint density at radius 2 is 1.76 bits per heavy atom. The van der Waals surface area contributed by atoms with Gasteiger partial charge in [0, 0.05) is 5.56 Å². The first-order valence-electron chi connectivity index (χ1n) is 12.7. The highest BCUT2D eigenvalue weighted by atomic mass is 32.2. The van der Waals surface area contributed by atoms with E-state index in [4.69, 9.17) is 12.2 Å². The maximum atomic E-state index is 13.6. The topological polar surface area (TPSA) is 97.0 Å². The predicted octanol–water partition coefficient (Wildman–Crippen LogP) is 6.50. The number of nitrogens with one attached hydrogen (secondary N) is 1. The van der Waals surface area contributed by atoms with Crippen molar-refractivity contribution < 1.29 is 35.9 Å². The van der Waals surface area contributed by atoms with Crippen molar-refractivity contribution in [3.63, 3.8) is 0 Å². The van der Waals surface area contributed by atoms with E-state index >= 15 is 0 Å². The van der Waals surface area contributed by atoms with Gasteiger partial charge in [-0.25, -0.2) is 9.67 Å². The monoisotopic (exact) mass is 663 g/mol. The Hall–Kier alpha value is -4.77. The number of aryl methyl sites for hydroxylation is 1. The van der Waals surface area contributed by atoms with Crippen molar-refractivity contribution in [2.45, 2.75) is 19.5 Å². The number of aromatic nitrogens is 3. The average molecular weight is 664 g/mol. The molecule has 3 aromatic carbocycles. The maximum absolute atomic E-state index is 13.6. The fourth-order valence-corrected chi connectivity index (χ4v) is 5.12. The molecule has 232 valence electrons. The highest BCUT2D eigenvalue weighted by molar-refractivity contribution is 8.15. The van der Waals surface area contributed by atoms with E-state index < -0.39 is 24.0 Å². The zero-order valence-electron chi connectivity index (χ0n) is 22.8. The summed E-state index contributed by atoms with van der Waals surface area (Å²) in [5.41, 5.74) is 3.54. The van der Waals surface area contributed by atoms with Crippen LogP contribution in [-0.4, -0.2) is 49.3 Å². The van der Waals surface area contributed by atoms with Crippen LogP contribution in [-0.2, 0) is 11.0 Å². The Balaban J connectivity index is 1.22. The standard InChI is InChI=1S/C28H19F6N7O2S2/c1-16-2-11-21(27(29,30)31)22(12-16)41-23(42)14-45-26(41)37-25(44)38-36-13-17-3-5-18(6-4-17)24-35-15-40(39-24)19-7-9-20(10-8-19)43-28(32,33)34/h2-13,15H,14H2,1H3,(H,38,44)/b36-13+,37-26?. The van der Waals surface area contributed by atoms with Crippen LogP contribution >= 0.6 is 24.0 Å². The number of nitrogens with zero attached hydrogens (tertiary/aromatic N) is 6. The molecule has 0 saturated carbocycles. The first-order chi connectivity index (χ1) is 21.3. The third kappa shape index (κ3) is 7.85. The lowest BCUT2D eigenvalue weighted by molar-refractivity contribution is -0.274. The van der Waals surface area contributed by atoms with Crippen molar-refractivity contribution >= 4 is 52.1 Å². The number of hydrazone groups is 1. The van der Waals surface area contributed by atoms with Crippen molar-refractivity contribution in [3.05, 3.63) is 89.7 Å². The van der Waals surface area contributed by atoms with Crippen LogP contribution in [0.1, 0.15) is 16.7 Å². The third-order valence-electron chi connectivity index (χ3n) is 6.03. The number of thioether (sulfide) groups is 1. The van der Waals surface area contributed by atoms with Crippen LogP contribution in [0.5, 0.6) is 5.75 Å². The van der Waals surface area contributed by atoms with Gasteiger partial charge in [-0.15, -0.1) is 18.3 Å². The smallest absolute Gasteiger partial charge is 0.406 e. The van der Waals surface area contributed by atoms with Gasteiger partial charge in [0.2, 0.25) is 11.0 Å². The molecule has 1 amide bonds. The van der Waals surface area contributed by atoms with Gasteiger partial charge in [0.05, 0.1) is 28.9 Å². The van der Waals surface area contributed by atoms with Gasteiger partial charge in [0.1, 0.15) is 12.1 Å². The summed E-state index contributed by atoms with van der Waals surface area (Å²) in [4.78, 5) is 21.8. The number of carbonyl (C=O) groups excluding carboxylic acids is 1. The molecule has 0 spiro atoms. The van der Waals surface area contributed by atoms with Gasteiger partial charge in [-0.3, -0.25) is 15.1 Å². The number of halogens is 6.